The number of nitro benzene ring substituents is 1. The lowest BCUT2D eigenvalue weighted by atomic mass is 9.90. The van der Waals surface area contributed by atoms with Gasteiger partial charge in [0.2, 0.25) is 11.6 Å². The van der Waals surface area contributed by atoms with E-state index in [1.54, 1.807) is 11.0 Å². The Balaban J connectivity index is 1.46. The van der Waals surface area contributed by atoms with Crippen LogP contribution in [0.4, 0.5) is 17.3 Å². The lowest BCUT2D eigenvalue weighted by Gasteiger charge is -2.35. The Bertz CT molecular complexity index is 1040. The summed E-state index contributed by atoms with van der Waals surface area (Å²) in [7, 11) is 0. The molecule has 148 valence electrons. The van der Waals surface area contributed by atoms with Gasteiger partial charge in [-0.1, -0.05) is 11.6 Å². The first-order valence-electron chi connectivity index (χ1n) is 9.21. The number of hydrogen-bond acceptors (Lipinski definition) is 6. The molecule has 1 N–H and O–H groups in total. The van der Waals surface area contributed by atoms with Gasteiger partial charge in [-0.25, -0.2) is 14.8 Å². The van der Waals surface area contributed by atoms with Crippen molar-refractivity contribution in [3.05, 3.63) is 62.2 Å². The predicted molar refractivity (Wildman–Crippen MR) is 106 cm³/mol. The molecule has 0 unspecified atom stereocenters. The molecule has 1 saturated carbocycles. The van der Waals surface area contributed by atoms with E-state index in [0.717, 1.165) is 24.8 Å². The summed E-state index contributed by atoms with van der Waals surface area (Å²) in [5.74, 6) is 0.203. The molecule has 9 nitrogen and oxygen atoms in total. The number of aromatic nitrogens is 2. The van der Waals surface area contributed by atoms with Crippen molar-refractivity contribution in [3.8, 4) is 0 Å². The molecule has 2 heterocycles. The Morgan fingerprint density at radius 2 is 2.21 bits per heavy atom. The topological polar surface area (TPSA) is 106 Å². The molecule has 1 fully saturated rings. The molecule has 1 aliphatic carbocycles. The zero-order valence-corrected chi connectivity index (χ0v) is 16.1. The number of nitrogens with one attached hydrogen (secondary N) is 1. The quantitative estimate of drug-likeness (QED) is 0.352. The molecule has 2 atom stereocenters. The highest BCUT2D eigenvalue weighted by atomic mass is 35.5. The van der Waals surface area contributed by atoms with Gasteiger partial charge < -0.3 is 10.2 Å². The molecule has 1 aromatic carbocycles. The molecular formula is C19H17ClN6O3. The molecule has 29 heavy (non-hydrogen) atoms. The van der Waals surface area contributed by atoms with E-state index in [1.165, 1.54) is 18.3 Å². The second-order valence-corrected chi connectivity index (χ2v) is 7.53. The summed E-state index contributed by atoms with van der Waals surface area (Å²) < 4.78 is 0. The number of carbonyl (C=O) groups is 1. The summed E-state index contributed by atoms with van der Waals surface area (Å²) in [5.41, 5.74) is 1.37. The van der Waals surface area contributed by atoms with Crippen LogP contribution in [-0.2, 0) is 6.54 Å². The average Bonchev–Trinajstić information content (AvgIpc) is 3.04. The van der Waals surface area contributed by atoms with E-state index in [4.69, 9.17) is 18.2 Å². The normalized spacial score (nSPS) is 20.8. The van der Waals surface area contributed by atoms with Crippen molar-refractivity contribution in [2.75, 3.05) is 5.32 Å². The van der Waals surface area contributed by atoms with Crippen LogP contribution in [0, 0.1) is 16.7 Å². The third-order valence-electron chi connectivity index (χ3n) is 5.40. The van der Waals surface area contributed by atoms with Gasteiger partial charge in [-0.2, -0.15) is 0 Å². The Morgan fingerprint density at radius 1 is 1.38 bits per heavy atom. The zero-order chi connectivity index (χ0) is 20.5. The number of hydrogen-bond donors (Lipinski definition) is 1. The molecule has 0 saturated heterocycles. The van der Waals surface area contributed by atoms with E-state index in [2.05, 4.69) is 20.1 Å². The second-order valence-electron chi connectivity index (χ2n) is 7.17. The van der Waals surface area contributed by atoms with Crippen molar-refractivity contribution in [2.45, 2.75) is 44.3 Å². The van der Waals surface area contributed by atoms with Gasteiger partial charge >= 0.3 is 0 Å². The fourth-order valence-electron chi connectivity index (χ4n) is 3.98. The molecule has 2 aliphatic rings. The number of benzene rings is 1. The maximum Gasteiger partial charge on any atom is 0.270 e. The van der Waals surface area contributed by atoms with E-state index in [0.29, 0.717) is 24.5 Å². The Kier molecular flexibility index (Phi) is 5.03. The van der Waals surface area contributed by atoms with E-state index in [-0.39, 0.29) is 34.5 Å². The van der Waals surface area contributed by atoms with Crippen LogP contribution in [-0.4, -0.2) is 37.8 Å². The van der Waals surface area contributed by atoms with Crippen molar-refractivity contribution in [2.24, 2.45) is 0 Å². The maximum atomic E-state index is 12.9. The van der Waals surface area contributed by atoms with Crippen LogP contribution in [0.1, 0.15) is 41.6 Å². The number of nitrogens with zero attached hydrogens (tertiary/aromatic N) is 5. The van der Waals surface area contributed by atoms with E-state index >= 15 is 0 Å². The predicted octanol–water partition coefficient (Wildman–Crippen LogP) is 3.97. The van der Waals surface area contributed by atoms with Crippen LogP contribution in [0.25, 0.3) is 4.85 Å². The highest BCUT2D eigenvalue weighted by Gasteiger charge is 2.36. The minimum absolute atomic E-state index is 0.0261. The standard InChI is InChI=1S/C19H17ClN6O3/c1-21-16-9-22-19(24-17(16)20)23-12-3-2-4-13(7-12)25-10-11-5-6-14(26(28)29)8-15(11)18(25)27/h5-6,8-9,12-13H,2-4,7,10H2,(H,22,23,24)/t12-,13+/m1/s1. The molecule has 1 aliphatic heterocycles. The van der Waals surface area contributed by atoms with Gasteiger partial charge in [0.1, 0.15) is 5.15 Å². The Morgan fingerprint density at radius 3 is 2.93 bits per heavy atom. The molecule has 4 rings (SSSR count). The summed E-state index contributed by atoms with van der Waals surface area (Å²) >= 11 is 5.98. The second kappa shape index (κ2) is 7.64. The zero-order valence-electron chi connectivity index (χ0n) is 15.3. The first-order chi connectivity index (χ1) is 14.0. The lowest BCUT2D eigenvalue weighted by Crippen LogP contribution is -2.42. The Labute approximate surface area is 171 Å². The van der Waals surface area contributed by atoms with Gasteiger partial charge in [0.05, 0.1) is 17.1 Å². The molecule has 1 amide bonds. The molecule has 2 aromatic rings. The highest BCUT2D eigenvalue weighted by molar-refractivity contribution is 6.32. The minimum Gasteiger partial charge on any atom is -0.351 e. The van der Waals surface area contributed by atoms with Crippen LogP contribution in [0.15, 0.2) is 24.4 Å². The van der Waals surface area contributed by atoms with Crippen LogP contribution in [0.5, 0.6) is 0 Å². The fourth-order valence-corrected chi connectivity index (χ4v) is 4.15. The van der Waals surface area contributed by atoms with Crippen LogP contribution < -0.4 is 5.32 Å². The van der Waals surface area contributed by atoms with Crippen molar-refractivity contribution in [1.82, 2.24) is 14.9 Å². The summed E-state index contributed by atoms with van der Waals surface area (Å²) in [6.07, 6.45) is 4.81. The van der Waals surface area contributed by atoms with Gasteiger partial charge in [0.15, 0.2) is 0 Å². The molecule has 0 radical (unpaired) electrons. The molecular weight excluding hydrogens is 396 g/mol. The molecule has 0 bridgehead atoms. The smallest absolute Gasteiger partial charge is 0.270 e. The summed E-state index contributed by atoms with van der Waals surface area (Å²) in [6, 6.07) is 4.56. The summed E-state index contributed by atoms with van der Waals surface area (Å²) in [6.45, 7) is 7.47. The number of amides is 1. The SMILES string of the molecule is [C-]#[N+]c1cnc(N[C@@H]2CCC[C@H](N3Cc4ccc([N+](=O)[O-])cc4C3=O)C2)nc1Cl. The van der Waals surface area contributed by atoms with Crippen molar-refractivity contribution in [1.29, 1.82) is 0 Å². The lowest BCUT2D eigenvalue weighted by molar-refractivity contribution is -0.384. The third kappa shape index (κ3) is 3.71. The van der Waals surface area contributed by atoms with Crippen molar-refractivity contribution in [3.63, 3.8) is 0 Å². The first-order valence-corrected chi connectivity index (χ1v) is 9.59. The number of non-ortho nitro benzene ring substituents is 1. The Hall–Kier alpha value is -3.25. The van der Waals surface area contributed by atoms with E-state index in [1.807, 2.05) is 0 Å². The van der Waals surface area contributed by atoms with E-state index < -0.39 is 4.92 Å². The number of fused-ring (bicyclic) bond motifs is 1. The van der Waals surface area contributed by atoms with Gasteiger partial charge in [-0.3, -0.25) is 14.9 Å². The van der Waals surface area contributed by atoms with Gasteiger partial charge in [0, 0.05) is 37.0 Å². The van der Waals surface area contributed by atoms with Crippen molar-refractivity contribution >= 4 is 34.8 Å². The van der Waals surface area contributed by atoms with Crippen molar-refractivity contribution < 1.29 is 9.72 Å². The highest BCUT2D eigenvalue weighted by Crippen LogP contribution is 2.33. The minimum atomic E-state index is -0.485. The average molecular weight is 413 g/mol. The summed E-state index contributed by atoms with van der Waals surface area (Å²) in [4.78, 5) is 36.7. The summed E-state index contributed by atoms with van der Waals surface area (Å²) in [5, 5.41) is 14.4. The molecule has 10 heteroatoms. The number of nitro groups is 1. The number of anilines is 1. The van der Waals surface area contributed by atoms with Gasteiger partial charge in [-0.15, -0.1) is 0 Å². The number of rotatable bonds is 4. The number of carbonyl (C=O) groups excluding carboxylic acids is 1. The van der Waals surface area contributed by atoms with E-state index in [9.17, 15) is 14.9 Å². The fraction of sp³-hybridized carbons (Fsp3) is 0.368. The molecule has 0 spiro atoms. The maximum absolute atomic E-state index is 12.9. The van der Waals surface area contributed by atoms with Crippen LogP contribution >= 0.6 is 11.6 Å². The monoisotopic (exact) mass is 412 g/mol. The third-order valence-corrected chi connectivity index (χ3v) is 5.68. The van der Waals surface area contributed by atoms with Crippen LogP contribution in [0.3, 0.4) is 0 Å². The number of halogens is 1. The molecule has 1 aromatic heterocycles. The van der Waals surface area contributed by atoms with Gasteiger partial charge in [-0.05, 0) is 37.3 Å². The first kappa shape index (κ1) is 19.1. The van der Waals surface area contributed by atoms with Crippen LogP contribution in [0.2, 0.25) is 5.15 Å². The van der Waals surface area contributed by atoms with Gasteiger partial charge in [0.25, 0.3) is 11.6 Å². The largest absolute Gasteiger partial charge is 0.351 e.